The first kappa shape index (κ1) is 22.4. The summed E-state index contributed by atoms with van der Waals surface area (Å²) < 4.78 is 5.47. The minimum atomic E-state index is -0.0894. The second-order valence-electron chi connectivity index (χ2n) is 7.94. The summed E-state index contributed by atoms with van der Waals surface area (Å²) in [7, 11) is 1.67. The lowest BCUT2D eigenvalue weighted by Gasteiger charge is -2.36. The van der Waals surface area contributed by atoms with Crippen LogP contribution in [0.5, 0.6) is 5.75 Å². The molecule has 0 spiro atoms. The number of ether oxygens (including phenoxy) is 1. The van der Waals surface area contributed by atoms with Gasteiger partial charge in [0.2, 0.25) is 11.8 Å². The number of carbonyl (C=O) groups is 2. The first-order valence-corrected chi connectivity index (χ1v) is 11.3. The van der Waals surface area contributed by atoms with Crippen molar-refractivity contribution in [3.8, 4) is 5.75 Å². The van der Waals surface area contributed by atoms with Crippen LogP contribution < -0.4 is 14.5 Å². The number of amides is 2. The third-order valence-electron chi connectivity index (χ3n) is 5.89. The smallest absolute Gasteiger partial charge is 0.232 e. The Bertz CT molecular complexity index is 1020. The van der Waals surface area contributed by atoms with Gasteiger partial charge in [-0.2, -0.15) is 0 Å². The normalized spacial score (nSPS) is 13.5. The Balaban J connectivity index is 1.36. The molecule has 6 nitrogen and oxygen atoms in total. The minimum Gasteiger partial charge on any atom is -0.495 e. The second-order valence-corrected chi connectivity index (χ2v) is 7.94. The van der Waals surface area contributed by atoms with E-state index in [1.807, 2.05) is 89.8 Å². The number of carbonyl (C=O) groups excluding carboxylic acids is 2. The number of piperazine rings is 1. The van der Waals surface area contributed by atoms with E-state index in [9.17, 15) is 9.59 Å². The monoisotopic (exact) mass is 443 g/mol. The van der Waals surface area contributed by atoms with E-state index in [-0.39, 0.29) is 24.7 Å². The summed E-state index contributed by atoms with van der Waals surface area (Å²) in [6.45, 7) is 2.73. The van der Waals surface area contributed by atoms with E-state index in [0.29, 0.717) is 13.1 Å². The van der Waals surface area contributed by atoms with Crippen LogP contribution >= 0.6 is 0 Å². The highest BCUT2D eigenvalue weighted by atomic mass is 16.5. The SMILES string of the molecule is COc1ccccc1N1CCN(C(=O)CCC(=O)N(c2ccccc2)c2ccccc2)CC1. The third kappa shape index (κ3) is 5.34. The summed E-state index contributed by atoms with van der Waals surface area (Å²) in [6, 6.07) is 27.0. The minimum absolute atomic E-state index is 0.0177. The second kappa shape index (κ2) is 10.7. The Morgan fingerprint density at radius 1 is 0.758 bits per heavy atom. The van der Waals surface area contributed by atoms with Crippen LogP contribution in [0.25, 0.3) is 0 Å². The first-order chi connectivity index (χ1) is 16.2. The largest absolute Gasteiger partial charge is 0.495 e. The number of hydrogen-bond donors (Lipinski definition) is 0. The maximum atomic E-state index is 13.2. The predicted octanol–water partition coefficient (Wildman–Crippen LogP) is 4.49. The van der Waals surface area contributed by atoms with Crippen LogP contribution in [0.3, 0.4) is 0 Å². The summed E-state index contributed by atoms with van der Waals surface area (Å²) in [5, 5.41) is 0. The number of rotatable bonds is 7. The van der Waals surface area contributed by atoms with E-state index in [1.54, 1.807) is 12.0 Å². The van der Waals surface area contributed by atoms with Crippen LogP contribution in [-0.2, 0) is 9.59 Å². The fourth-order valence-corrected chi connectivity index (χ4v) is 4.16. The molecule has 0 atom stereocenters. The topological polar surface area (TPSA) is 53.1 Å². The van der Waals surface area contributed by atoms with Gasteiger partial charge in [-0.25, -0.2) is 0 Å². The Hall–Kier alpha value is -3.80. The summed E-state index contributed by atoms with van der Waals surface area (Å²) >= 11 is 0. The molecule has 0 radical (unpaired) electrons. The van der Waals surface area contributed by atoms with Crippen LogP contribution in [0.1, 0.15) is 12.8 Å². The van der Waals surface area contributed by atoms with Crippen molar-refractivity contribution in [3.63, 3.8) is 0 Å². The summed E-state index contributed by atoms with van der Waals surface area (Å²) in [5.41, 5.74) is 2.64. The van der Waals surface area contributed by atoms with E-state index >= 15 is 0 Å². The number of benzene rings is 3. The first-order valence-electron chi connectivity index (χ1n) is 11.3. The molecule has 2 amide bonds. The van der Waals surface area contributed by atoms with Crippen molar-refractivity contribution in [1.82, 2.24) is 4.90 Å². The van der Waals surface area contributed by atoms with E-state index in [2.05, 4.69) is 4.90 Å². The summed E-state index contributed by atoms with van der Waals surface area (Å²) in [6.07, 6.45) is 0.360. The van der Waals surface area contributed by atoms with Gasteiger partial charge in [-0.05, 0) is 36.4 Å². The molecule has 0 aromatic heterocycles. The van der Waals surface area contributed by atoms with Gasteiger partial charge < -0.3 is 14.5 Å². The molecule has 0 N–H and O–H groups in total. The number of anilines is 3. The lowest BCUT2D eigenvalue weighted by atomic mass is 10.1. The molecule has 0 unspecified atom stereocenters. The van der Waals surface area contributed by atoms with Crippen LogP contribution in [0, 0.1) is 0 Å². The number of hydrogen-bond acceptors (Lipinski definition) is 4. The fourth-order valence-electron chi connectivity index (χ4n) is 4.16. The molecule has 1 aliphatic heterocycles. The van der Waals surface area contributed by atoms with Gasteiger partial charge in [-0.1, -0.05) is 48.5 Å². The molecular weight excluding hydrogens is 414 g/mol. The van der Waals surface area contributed by atoms with Crippen molar-refractivity contribution in [2.45, 2.75) is 12.8 Å². The van der Waals surface area contributed by atoms with Gasteiger partial charge in [-0.3, -0.25) is 14.5 Å². The van der Waals surface area contributed by atoms with Crippen molar-refractivity contribution in [2.24, 2.45) is 0 Å². The Labute approximate surface area is 195 Å². The average molecular weight is 444 g/mol. The third-order valence-corrected chi connectivity index (χ3v) is 5.89. The van der Waals surface area contributed by atoms with E-state index in [0.717, 1.165) is 35.9 Å². The molecule has 170 valence electrons. The standard InChI is InChI=1S/C27H29N3O3/c1-33-25-15-9-8-14-24(25)28-18-20-29(21-19-28)26(31)16-17-27(32)30(22-10-4-2-5-11-22)23-12-6-3-7-13-23/h2-15H,16-21H2,1H3. The number of nitrogens with zero attached hydrogens (tertiary/aromatic N) is 3. The molecule has 33 heavy (non-hydrogen) atoms. The van der Waals surface area contributed by atoms with Crippen LogP contribution in [0.2, 0.25) is 0 Å². The van der Waals surface area contributed by atoms with Gasteiger partial charge in [0.25, 0.3) is 0 Å². The van der Waals surface area contributed by atoms with Crippen LogP contribution in [-0.4, -0.2) is 50.0 Å². The van der Waals surface area contributed by atoms with Gasteiger partial charge in [0.1, 0.15) is 5.75 Å². The van der Waals surface area contributed by atoms with E-state index in [1.165, 1.54) is 0 Å². The molecule has 1 saturated heterocycles. The van der Waals surface area contributed by atoms with Gasteiger partial charge in [0, 0.05) is 50.4 Å². The lowest BCUT2D eigenvalue weighted by Crippen LogP contribution is -2.49. The molecule has 6 heteroatoms. The number of methoxy groups -OCH3 is 1. The molecule has 0 saturated carbocycles. The van der Waals surface area contributed by atoms with Crippen LogP contribution in [0.15, 0.2) is 84.9 Å². The zero-order valence-electron chi connectivity index (χ0n) is 18.9. The quantitative estimate of drug-likeness (QED) is 0.540. The van der Waals surface area contributed by atoms with Gasteiger partial charge in [-0.15, -0.1) is 0 Å². The Kier molecular flexibility index (Phi) is 7.25. The van der Waals surface area contributed by atoms with Gasteiger partial charge in [0.15, 0.2) is 0 Å². The maximum absolute atomic E-state index is 13.2. The number of para-hydroxylation sites is 4. The molecule has 1 heterocycles. The zero-order valence-corrected chi connectivity index (χ0v) is 18.9. The van der Waals surface area contributed by atoms with Crippen molar-refractivity contribution < 1.29 is 14.3 Å². The average Bonchev–Trinajstić information content (AvgIpc) is 2.89. The van der Waals surface area contributed by atoms with Gasteiger partial charge in [0.05, 0.1) is 12.8 Å². The molecule has 1 fully saturated rings. The summed E-state index contributed by atoms with van der Waals surface area (Å²) in [4.78, 5) is 31.8. The van der Waals surface area contributed by atoms with E-state index < -0.39 is 0 Å². The fraction of sp³-hybridized carbons (Fsp3) is 0.259. The maximum Gasteiger partial charge on any atom is 0.232 e. The lowest BCUT2D eigenvalue weighted by molar-refractivity contribution is -0.133. The Morgan fingerprint density at radius 3 is 1.88 bits per heavy atom. The molecule has 3 aromatic carbocycles. The van der Waals surface area contributed by atoms with Gasteiger partial charge >= 0.3 is 0 Å². The van der Waals surface area contributed by atoms with Crippen molar-refractivity contribution >= 4 is 28.9 Å². The zero-order chi connectivity index (χ0) is 23.0. The highest BCUT2D eigenvalue weighted by molar-refractivity contribution is 6.01. The van der Waals surface area contributed by atoms with Crippen molar-refractivity contribution in [1.29, 1.82) is 0 Å². The molecule has 1 aliphatic rings. The molecule has 0 bridgehead atoms. The van der Waals surface area contributed by atoms with Crippen molar-refractivity contribution in [2.75, 3.05) is 43.1 Å². The molecule has 4 rings (SSSR count). The molecule has 0 aliphatic carbocycles. The van der Waals surface area contributed by atoms with Crippen molar-refractivity contribution in [3.05, 3.63) is 84.9 Å². The van der Waals surface area contributed by atoms with Crippen LogP contribution in [0.4, 0.5) is 17.1 Å². The molecule has 3 aromatic rings. The Morgan fingerprint density at radius 2 is 1.30 bits per heavy atom. The highest BCUT2D eigenvalue weighted by Gasteiger charge is 2.24. The highest BCUT2D eigenvalue weighted by Crippen LogP contribution is 2.29. The summed E-state index contributed by atoms with van der Waals surface area (Å²) in [5.74, 6) is 0.766. The van der Waals surface area contributed by atoms with E-state index in [4.69, 9.17) is 4.74 Å². The predicted molar refractivity (Wildman–Crippen MR) is 131 cm³/mol. The molecular formula is C27H29N3O3.